The van der Waals surface area contributed by atoms with Crippen LogP contribution in [0.4, 0.5) is 0 Å². The molecule has 0 spiro atoms. The van der Waals surface area contributed by atoms with Crippen molar-refractivity contribution in [3.8, 4) is 0 Å². The molecule has 0 nitrogen and oxygen atoms in total. The summed E-state index contributed by atoms with van der Waals surface area (Å²) in [6, 6.07) is 0. The molecule has 2 atom stereocenters. The summed E-state index contributed by atoms with van der Waals surface area (Å²) in [6.45, 7) is 0. The smallest absolute Gasteiger partial charge is 0.0331 e. The van der Waals surface area contributed by atoms with Gasteiger partial charge in [-0.3, -0.25) is 0 Å². The van der Waals surface area contributed by atoms with Gasteiger partial charge in [-0.1, -0.05) is 44.0 Å². The number of hydrogen-bond acceptors (Lipinski definition) is 0. The Labute approximate surface area is 103 Å². The highest BCUT2D eigenvalue weighted by Crippen LogP contribution is 2.34. The normalized spacial score (nSPS) is 33.6. The molecule has 0 aromatic heterocycles. The highest BCUT2D eigenvalue weighted by molar-refractivity contribution is 9.09. The maximum atomic E-state index is 3.73. The topological polar surface area (TPSA) is 0 Å². The maximum Gasteiger partial charge on any atom is 0.0331 e. The first-order chi connectivity index (χ1) is 6.75. The Balaban J connectivity index is 2.25. The lowest BCUT2D eigenvalue weighted by Crippen LogP contribution is -1.91. The predicted octanol–water partition coefficient (Wildman–Crippen LogP) is 4.73. The van der Waals surface area contributed by atoms with E-state index in [1.807, 2.05) is 0 Å². The van der Waals surface area contributed by atoms with Gasteiger partial charge in [0.05, 0.1) is 0 Å². The van der Waals surface area contributed by atoms with E-state index in [0.29, 0.717) is 9.65 Å². The van der Waals surface area contributed by atoms with Gasteiger partial charge in [0.25, 0.3) is 0 Å². The average Bonchev–Trinajstić information content (AvgIpc) is 2.37. The van der Waals surface area contributed by atoms with Crippen LogP contribution in [0.1, 0.15) is 38.5 Å². The highest BCUT2D eigenvalue weighted by Gasteiger charge is 2.17. The third-order valence-corrected chi connectivity index (χ3v) is 4.47. The SMILES string of the molecule is BrC1C=C2CCCC(Br)C=C2CCC1. The summed E-state index contributed by atoms with van der Waals surface area (Å²) in [7, 11) is 0. The minimum absolute atomic E-state index is 0.607. The van der Waals surface area contributed by atoms with E-state index in [2.05, 4.69) is 44.0 Å². The van der Waals surface area contributed by atoms with Crippen molar-refractivity contribution in [2.24, 2.45) is 0 Å². The molecule has 0 aromatic rings. The lowest BCUT2D eigenvalue weighted by molar-refractivity contribution is 0.776. The zero-order chi connectivity index (χ0) is 9.97. The van der Waals surface area contributed by atoms with E-state index in [1.165, 1.54) is 38.5 Å². The van der Waals surface area contributed by atoms with Crippen LogP contribution in [-0.4, -0.2) is 9.65 Å². The van der Waals surface area contributed by atoms with Crippen molar-refractivity contribution in [3.05, 3.63) is 23.3 Å². The number of rotatable bonds is 0. The number of allylic oxidation sites excluding steroid dienone is 4. The zero-order valence-corrected chi connectivity index (χ0v) is 11.5. The Morgan fingerprint density at radius 2 is 1.29 bits per heavy atom. The molecule has 0 N–H and O–H groups in total. The molecule has 0 aliphatic heterocycles. The number of halogens is 2. The van der Waals surface area contributed by atoms with Crippen LogP contribution in [0, 0.1) is 0 Å². The zero-order valence-electron chi connectivity index (χ0n) is 8.31. The van der Waals surface area contributed by atoms with Crippen LogP contribution < -0.4 is 0 Å². The van der Waals surface area contributed by atoms with Crippen molar-refractivity contribution in [1.29, 1.82) is 0 Å². The molecule has 0 bridgehead atoms. The van der Waals surface area contributed by atoms with Crippen LogP contribution in [-0.2, 0) is 0 Å². The van der Waals surface area contributed by atoms with E-state index in [1.54, 1.807) is 11.1 Å². The summed E-state index contributed by atoms with van der Waals surface area (Å²) >= 11 is 7.45. The summed E-state index contributed by atoms with van der Waals surface area (Å²) in [5.41, 5.74) is 3.21. The third kappa shape index (κ3) is 2.73. The van der Waals surface area contributed by atoms with Crippen LogP contribution in [0.15, 0.2) is 23.3 Å². The predicted molar refractivity (Wildman–Crippen MR) is 69.3 cm³/mol. The molecule has 2 heteroatoms. The second-order valence-electron chi connectivity index (χ2n) is 4.20. The Bertz CT molecular complexity index is 237. The summed E-state index contributed by atoms with van der Waals surface area (Å²) in [6.07, 6.45) is 12.6. The Kier molecular flexibility index (Phi) is 3.89. The van der Waals surface area contributed by atoms with Crippen LogP contribution in [0.25, 0.3) is 0 Å². The van der Waals surface area contributed by atoms with Gasteiger partial charge >= 0.3 is 0 Å². The summed E-state index contributed by atoms with van der Waals surface area (Å²) in [5, 5.41) is 0. The fourth-order valence-electron chi connectivity index (χ4n) is 2.28. The fraction of sp³-hybridized carbons (Fsp3) is 0.667. The first-order valence-electron chi connectivity index (χ1n) is 5.45. The molecule has 0 fully saturated rings. The van der Waals surface area contributed by atoms with Crippen molar-refractivity contribution in [3.63, 3.8) is 0 Å². The molecule has 2 rings (SSSR count). The minimum Gasteiger partial charge on any atom is -0.0845 e. The quantitative estimate of drug-likeness (QED) is 0.566. The Morgan fingerprint density at radius 1 is 0.857 bits per heavy atom. The van der Waals surface area contributed by atoms with E-state index >= 15 is 0 Å². The molecule has 0 amide bonds. The van der Waals surface area contributed by atoms with E-state index in [4.69, 9.17) is 0 Å². The van der Waals surface area contributed by atoms with Crippen molar-refractivity contribution in [2.75, 3.05) is 0 Å². The van der Waals surface area contributed by atoms with Crippen LogP contribution in [0.2, 0.25) is 0 Å². The monoisotopic (exact) mass is 318 g/mol. The molecule has 0 saturated heterocycles. The first-order valence-corrected chi connectivity index (χ1v) is 7.29. The molecule has 2 unspecified atom stereocenters. The van der Waals surface area contributed by atoms with Gasteiger partial charge in [0, 0.05) is 9.65 Å². The van der Waals surface area contributed by atoms with Gasteiger partial charge in [-0.2, -0.15) is 0 Å². The molecule has 2 aliphatic carbocycles. The van der Waals surface area contributed by atoms with Gasteiger partial charge in [-0.05, 0) is 49.7 Å². The first kappa shape index (κ1) is 10.9. The maximum absolute atomic E-state index is 3.73. The molecule has 0 aromatic carbocycles. The lowest BCUT2D eigenvalue weighted by Gasteiger charge is -2.06. The van der Waals surface area contributed by atoms with Crippen LogP contribution in [0.5, 0.6) is 0 Å². The summed E-state index contributed by atoms with van der Waals surface area (Å²) < 4.78 is 0. The third-order valence-electron chi connectivity index (χ3n) is 3.03. The molecule has 0 radical (unpaired) electrons. The molecule has 2 aliphatic rings. The minimum atomic E-state index is 0.607. The molecule has 0 heterocycles. The average molecular weight is 320 g/mol. The van der Waals surface area contributed by atoms with E-state index in [-0.39, 0.29) is 0 Å². The Morgan fingerprint density at radius 3 is 1.71 bits per heavy atom. The van der Waals surface area contributed by atoms with Gasteiger partial charge in [0.2, 0.25) is 0 Å². The van der Waals surface area contributed by atoms with Gasteiger partial charge in [-0.15, -0.1) is 0 Å². The van der Waals surface area contributed by atoms with Gasteiger partial charge < -0.3 is 0 Å². The fourth-order valence-corrected chi connectivity index (χ4v) is 3.57. The van der Waals surface area contributed by atoms with E-state index in [0.717, 1.165) is 0 Å². The molecular weight excluding hydrogens is 304 g/mol. The highest BCUT2D eigenvalue weighted by atomic mass is 79.9. The molecule has 78 valence electrons. The number of fused-ring (bicyclic) bond motifs is 1. The van der Waals surface area contributed by atoms with Gasteiger partial charge in [-0.25, -0.2) is 0 Å². The molecule has 14 heavy (non-hydrogen) atoms. The molecular formula is C12H16Br2. The van der Waals surface area contributed by atoms with Gasteiger partial charge in [0.15, 0.2) is 0 Å². The van der Waals surface area contributed by atoms with Crippen molar-refractivity contribution in [2.45, 2.75) is 48.2 Å². The van der Waals surface area contributed by atoms with E-state index < -0.39 is 0 Å². The van der Waals surface area contributed by atoms with E-state index in [9.17, 15) is 0 Å². The summed E-state index contributed by atoms with van der Waals surface area (Å²) in [5.74, 6) is 0. The van der Waals surface area contributed by atoms with Crippen molar-refractivity contribution in [1.82, 2.24) is 0 Å². The van der Waals surface area contributed by atoms with Crippen molar-refractivity contribution < 1.29 is 0 Å². The van der Waals surface area contributed by atoms with Gasteiger partial charge in [0.1, 0.15) is 0 Å². The Hall–Kier alpha value is 0.440. The largest absolute Gasteiger partial charge is 0.0845 e. The van der Waals surface area contributed by atoms with Crippen molar-refractivity contribution >= 4 is 31.9 Å². The summed E-state index contributed by atoms with van der Waals surface area (Å²) in [4.78, 5) is 1.21. The standard InChI is InChI=1S/C12H16Br2/c13-11-5-1-3-9-7-12(14)6-2-4-10(9)8-11/h7-8,11-12H,1-6H2. The second-order valence-corrected chi connectivity index (χ2v) is 6.55. The lowest BCUT2D eigenvalue weighted by atomic mass is 10.0. The van der Waals surface area contributed by atoms with Crippen LogP contribution in [0.3, 0.4) is 0 Å². The second kappa shape index (κ2) is 4.98. The number of alkyl halides is 2. The van der Waals surface area contributed by atoms with Crippen LogP contribution >= 0.6 is 31.9 Å². The molecule has 0 saturated carbocycles. The number of hydrogen-bond donors (Lipinski definition) is 0.